The van der Waals surface area contributed by atoms with Crippen LogP contribution in [0.2, 0.25) is 0 Å². The molecule has 2 nitrogen and oxygen atoms in total. The van der Waals surface area contributed by atoms with Crippen LogP contribution in [0, 0.1) is 12.3 Å². The SMILES string of the molecule is C[CH]C1CNC1=O. The molecular formula is C5H8NO. The summed E-state index contributed by atoms with van der Waals surface area (Å²) in [5.41, 5.74) is 0. The van der Waals surface area contributed by atoms with Crippen LogP contribution >= 0.6 is 0 Å². The first-order valence-electron chi connectivity index (χ1n) is 2.42. The molecule has 0 aromatic heterocycles. The third-order valence-corrected chi connectivity index (χ3v) is 1.24. The van der Waals surface area contributed by atoms with Gasteiger partial charge in [0.05, 0.1) is 5.92 Å². The second-order valence-electron chi connectivity index (χ2n) is 1.68. The van der Waals surface area contributed by atoms with Crippen LogP contribution in [-0.4, -0.2) is 12.5 Å². The molecule has 0 bridgehead atoms. The van der Waals surface area contributed by atoms with E-state index >= 15 is 0 Å². The topological polar surface area (TPSA) is 29.1 Å². The van der Waals surface area contributed by atoms with Gasteiger partial charge in [0.15, 0.2) is 0 Å². The maximum absolute atomic E-state index is 10.3. The number of hydrogen-bond donors (Lipinski definition) is 1. The van der Waals surface area contributed by atoms with Crippen molar-refractivity contribution in [2.45, 2.75) is 6.92 Å². The van der Waals surface area contributed by atoms with Crippen LogP contribution < -0.4 is 5.32 Å². The van der Waals surface area contributed by atoms with Gasteiger partial charge in [-0.1, -0.05) is 6.92 Å². The van der Waals surface area contributed by atoms with E-state index in [1.54, 1.807) is 0 Å². The normalized spacial score (nSPS) is 28.7. The van der Waals surface area contributed by atoms with Crippen LogP contribution in [0.15, 0.2) is 0 Å². The van der Waals surface area contributed by atoms with Gasteiger partial charge in [-0.2, -0.15) is 0 Å². The number of nitrogens with one attached hydrogen (secondary N) is 1. The lowest BCUT2D eigenvalue weighted by Crippen LogP contribution is -2.48. The van der Waals surface area contributed by atoms with Crippen molar-refractivity contribution in [2.24, 2.45) is 5.92 Å². The number of carbonyl (C=O) groups is 1. The van der Waals surface area contributed by atoms with Crippen molar-refractivity contribution < 1.29 is 4.79 Å². The van der Waals surface area contributed by atoms with Gasteiger partial charge in [0, 0.05) is 6.54 Å². The van der Waals surface area contributed by atoms with Crippen molar-refractivity contribution in [3.8, 4) is 0 Å². The van der Waals surface area contributed by atoms with E-state index in [2.05, 4.69) is 5.32 Å². The van der Waals surface area contributed by atoms with E-state index in [0.717, 1.165) is 6.54 Å². The number of carbonyl (C=O) groups excluding carboxylic acids is 1. The highest BCUT2D eigenvalue weighted by Gasteiger charge is 2.24. The zero-order valence-corrected chi connectivity index (χ0v) is 4.27. The molecule has 1 heterocycles. The molecule has 1 rings (SSSR count). The van der Waals surface area contributed by atoms with Gasteiger partial charge in [-0.05, 0) is 6.42 Å². The molecule has 1 fully saturated rings. The van der Waals surface area contributed by atoms with Crippen molar-refractivity contribution in [3.63, 3.8) is 0 Å². The van der Waals surface area contributed by atoms with Gasteiger partial charge in [-0.15, -0.1) is 0 Å². The van der Waals surface area contributed by atoms with Crippen molar-refractivity contribution in [3.05, 3.63) is 6.42 Å². The predicted octanol–water partition coefficient (Wildman–Crippen LogP) is -0.0434. The van der Waals surface area contributed by atoms with Gasteiger partial charge in [-0.3, -0.25) is 4.79 Å². The monoisotopic (exact) mass is 98.1 g/mol. The smallest absolute Gasteiger partial charge is 0.225 e. The summed E-state index contributed by atoms with van der Waals surface area (Å²) in [4.78, 5) is 10.3. The van der Waals surface area contributed by atoms with E-state index in [1.165, 1.54) is 0 Å². The highest BCUT2D eigenvalue weighted by molar-refractivity contribution is 5.85. The molecule has 0 saturated carbocycles. The Morgan fingerprint density at radius 3 is 2.71 bits per heavy atom. The maximum atomic E-state index is 10.3. The van der Waals surface area contributed by atoms with Gasteiger partial charge >= 0.3 is 0 Å². The summed E-state index contributed by atoms with van der Waals surface area (Å²) in [5.74, 6) is 0.377. The Kier molecular flexibility index (Phi) is 1.01. The molecule has 0 aliphatic carbocycles. The first-order valence-corrected chi connectivity index (χ1v) is 2.42. The zero-order chi connectivity index (χ0) is 5.28. The van der Waals surface area contributed by atoms with Crippen LogP contribution in [-0.2, 0) is 4.79 Å². The van der Waals surface area contributed by atoms with Crippen molar-refractivity contribution in [1.82, 2.24) is 5.32 Å². The molecule has 7 heavy (non-hydrogen) atoms. The molecule has 1 aliphatic rings. The van der Waals surface area contributed by atoms with Gasteiger partial charge in [0.2, 0.25) is 5.91 Å². The number of amides is 1. The number of rotatable bonds is 1. The second-order valence-corrected chi connectivity index (χ2v) is 1.68. The fraction of sp³-hybridized carbons (Fsp3) is 0.600. The molecule has 2 heteroatoms. The summed E-state index contributed by atoms with van der Waals surface area (Å²) in [6.07, 6.45) is 1.92. The molecule has 1 aliphatic heterocycles. The van der Waals surface area contributed by atoms with Gasteiger partial charge < -0.3 is 5.32 Å². The summed E-state index contributed by atoms with van der Waals surface area (Å²) in [5, 5.41) is 2.64. The third-order valence-electron chi connectivity index (χ3n) is 1.24. The summed E-state index contributed by atoms with van der Waals surface area (Å²) in [7, 11) is 0. The average Bonchev–Trinajstić information content (AvgIpc) is 1.65. The van der Waals surface area contributed by atoms with Crippen molar-refractivity contribution >= 4 is 5.91 Å². The highest BCUT2D eigenvalue weighted by Crippen LogP contribution is 2.06. The van der Waals surface area contributed by atoms with Crippen LogP contribution in [0.4, 0.5) is 0 Å². The second kappa shape index (κ2) is 1.52. The minimum atomic E-state index is 0.169. The van der Waals surface area contributed by atoms with E-state index in [0.29, 0.717) is 0 Å². The van der Waals surface area contributed by atoms with Crippen molar-refractivity contribution in [2.75, 3.05) is 6.54 Å². The third kappa shape index (κ3) is 0.601. The molecule has 1 amide bonds. The van der Waals surface area contributed by atoms with E-state index in [9.17, 15) is 4.79 Å². The Hall–Kier alpha value is -0.530. The van der Waals surface area contributed by atoms with Gasteiger partial charge in [0.1, 0.15) is 0 Å². The van der Waals surface area contributed by atoms with Gasteiger partial charge in [0.25, 0.3) is 0 Å². The number of hydrogen-bond acceptors (Lipinski definition) is 1. The summed E-state index contributed by atoms with van der Waals surface area (Å²) < 4.78 is 0. The average molecular weight is 98.1 g/mol. The molecule has 1 radical (unpaired) electrons. The molecule has 1 unspecified atom stereocenters. The first kappa shape index (κ1) is 4.62. The Bertz CT molecular complexity index is 88.1. The maximum Gasteiger partial charge on any atom is 0.225 e. The van der Waals surface area contributed by atoms with Gasteiger partial charge in [-0.25, -0.2) is 0 Å². The summed E-state index contributed by atoms with van der Waals surface area (Å²) >= 11 is 0. The zero-order valence-electron chi connectivity index (χ0n) is 4.27. The molecule has 0 aromatic carbocycles. The Balaban J connectivity index is 2.29. The Morgan fingerprint density at radius 2 is 2.71 bits per heavy atom. The van der Waals surface area contributed by atoms with E-state index in [4.69, 9.17) is 0 Å². The number of β-lactam (4-membered cyclic amide) rings is 1. The molecule has 39 valence electrons. The van der Waals surface area contributed by atoms with Crippen LogP contribution in [0.25, 0.3) is 0 Å². The Labute approximate surface area is 42.9 Å². The van der Waals surface area contributed by atoms with Crippen LogP contribution in [0.1, 0.15) is 6.92 Å². The lowest BCUT2D eigenvalue weighted by Gasteiger charge is -2.23. The minimum absolute atomic E-state index is 0.169. The Morgan fingerprint density at radius 1 is 2.00 bits per heavy atom. The standard InChI is InChI=1S/C5H8NO/c1-2-4-3-6-5(4)7/h2,4H,3H2,1H3,(H,6,7). The molecule has 1 saturated heterocycles. The van der Waals surface area contributed by atoms with E-state index in [1.807, 2.05) is 13.3 Å². The van der Waals surface area contributed by atoms with Crippen LogP contribution in [0.5, 0.6) is 0 Å². The molecule has 1 N–H and O–H groups in total. The first-order chi connectivity index (χ1) is 3.34. The summed E-state index contributed by atoms with van der Waals surface area (Å²) in [6.45, 7) is 2.75. The summed E-state index contributed by atoms with van der Waals surface area (Å²) in [6, 6.07) is 0. The van der Waals surface area contributed by atoms with Crippen molar-refractivity contribution in [1.29, 1.82) is 0 Å². The molecule has 1 atom stereocenters. The van der Waals surface area contributed by atoms with E-state index < -0.39 is 0 Å². The van der Waals surface area contributed by atoms with E-state index in [-0.39, 0.29) is 11.8 Å². The highest BCUT2D eigenvalue weighted by atomic mass is 16.2. The lowest BCUT2D eigenvalue weighted by atomic mass is 10.00. The molecular weight excluding hydrogens is 90.1 g/mol. The largest absolute Gasteiger partial charge is 0.355 e. The van der Waals surface area contributed by atoms with Crippen LogP contribution in [0.3, 0.4) is 0 Å². The quantitative estimate of drug-likeness (QED) is 0.458. The minimum Gasteiger partial charge on any atom is -0.355 e. The lowest BCUT2D eigenvalue weighted by molar-refractivity contribution is -0.129. The molecule has 0 aromatic rings. The fourth-order valence-corrected chi connectivity index (χ4v) is 0.572. The fourth-order valence-electron chi connectivity index (χ4n) is 0.572. The predicted molar refractivity (Wildman–Crippen MR) is 26.5 cm³/mol. The molecule has 0 spiro atoms.